The van der Waals surface area contributed by atoms with Crippen molar-refractivity contribution in [2.45, 2.75) is 12.2 Å². The largest absolute Gasteiger partial charge is 0.467 e. The lowest BCUT2D eigenvalue weighted by molar-refractivity contribution is -0.184. The molecule has 1 aliphatic heterocycles. The highest BCUT2D eigenvalue weighted by Crippen LogP contribution is 2.32. The Kier molecular flexibility index (Phi) is 4.15. The van der Waals surface area contributed by atoms with E-state index >= 15 is 0 Å². The molecule has 1 aromatic carbocycles. The maximum absolute atomic E-state index is 11.6. The van der Waals surface area contributed by atoms with Gasteiger partial charge in [-0.25, -0.2) is 4.79 Å². The van der Waals surface area contributed by atoms with Gasteiger partial charge in [0.25, 0.3) is 0 Å². The normalized spacial score (nSPS) is 24.4. The fourth-order valence-corrected chi connectivity index (χ4v) is 2.30. The fourth-order valence-electron chi connectivity index (χ4n) is 1.79. The van der Waals surface area contributed by atoms with Gasteiger partial charge in [0, 0.05) is 4.47 Å². The van der Waals surface area contributed by atoms with Crippen LogP contribution < -0.4 is 0 Å². The minimum absolute atomic E-state index is 0.403. The lowest BCUT2D eigenvalue weighted by atomic mass is 10.0. The van der Waals surface area contributed by atoms with E-state index in [9.17, 15) is 4.79 Å². The molecule has 1 fully saturated rings. The molecule has 0 radical (unpaired) electrons. The van der Waals surface area contributed by atoms with Crippen molar-refractivity contribution in [3.8, 4) is 0 Å². The van der Waals surface area contributed by atoms with Crippen LogP contribution in [0.5, 0.6) is 0 Å². The van der Waals surface area contributed by atoms with Crippen LogP contribution in [0.4, 0.5) is 0 Å². The van der Waals surface area contributed by atoms with Crippen LogP contribution in [0.25, 0.3) is 0 Å². The van der Waals surface area contributed by atoms with Gasteiger partial charge in [0.05, 0.1) is 20.3 Å². The third-order valence-corrected chi connectivity index (χ3v) is 3.32. The number of rotatable bonds is 2. The Labute approximate surface area is 108 Å². The minimum atomic E-state index is -0.701. The Morgan fingerprint density at radius 2 is 2.06 bits per heavy atom. The molecule has 2 unspecified atom stereocenters. The Bertz CT molecular complexity index is 407. The summed E-state index contributed by atoms with van der Waals surface area (Å²) in [5.74, 6) is -0.412. The van der Waals surface area contributed by atoms with Crippen LogP contribution in [0.3, 0.4) is 0 Å². The average molecular weight is 301 g/mol. The van der Waals surface area contributed by atoms with Crippen LogP contribution in [0, 0.1) is 0 Å². The Balaban J connectivity index is 2.28. The zero-order valence-electron chi connectivity index (χ0n) is 9.39. The molecule has 2 rings (SSSR count). The summed E-state index contributed by atoms with van der Waals surface area (Å²) in [4.78, 5) is 11.6. The standard InChI is InChI=1S/C12H13BrO4/c1-15-12(14)11-10(16-6-7-17-11)8-4-2-3-5-9(8)13/h2-5,10-11H,6-7H2,1H3. The van der Waals surface area contributed by atoms with Crippen molar-refractivity contribution in [1.29, 1.82) is 0 Å². The van der Waals surface area contributed by atoms with Crippen molar-refractivity contribution in [2.24, 2.45) is 0 Å². The van der Waals surface area contributed by atoms with Gasteiger partial charge in [-0.2, -0.15) is 0 Å². The molecule has 2 atom stereocenters. The molecular formula is C12H13BrO4. The van der Waals surface area contributed by atoms with E-state index in [1.54, 1.807) is 0 Å². The quantitative estimate of drug-likeness (QED) is 0.785. The summed E-state index contributed by atoms with van der Waals surface area (Å²) in [5, 5.41) is 0. The van der Waals surface area contributed by atoms with E-state index in [2.05, 4.69) is 15.9 Å². The summed E-state index contributed by atoms with van der Waals surface area (Å²) >= 11 is 3.44. The number of methoxy groups -OCH3 is 1. The number of esters is 1. The van der Waals surface area contributed by atoms with Crippen molar-refractivity contribution in [3.63, 3.8) is 0 Å². The molecule has 0 aliphatic carbocycles. The molecule has 0 bridgehead atoms. The molecular weight excluding hydrogens is 288 g/mol. The molecule has 1 aliphatic rings. The molecule has 4 nitrogen and oxygen atoms in total. The van der Waals surface area contributed by atoms with Gasteiger partial charge >= 0.3 is 5.97 Å². The average Bonchev–Trinajstić information content (AvgIpc) is 2.38. The topological polar surface area (TPSA) is 44.8 Å². The van der Waals surface area contributed by atoms with Gasteiger partial charge in [-0.3, -0.25) is 0 Å². The maximum Gasteiger partial charge on any atom is 0.338 e. The predicted molar refractivity (Wildman–Crippen MR) is 64.6 cm³/mol. The highest BCUT2D eigenvalue weighted by Gasteiger charge is 2.35. The lowest BCUT2D eigenvalue weighted by Gasteiger charge is -2.30. The first-order valence-electron chi connectivity index (χ1n) is 5.29. The van der Waals surface area contributed by atoms with Gasteiger partial charge in [-0.05, 0) is 11.6 Å². The van der Waals surface area contributed by atoms with Crippen LogP contribution in [0.2, 0.25) is 0 Å². The molecule has 92 valence electrons. The van der Waals surface area contributed by atoms with Gasteiger partial charge in [-0.15, -0.1) is 0 Å². The molecule has 1 aromatic rings. The summed E-state index contributed by atoms with van der Waals surface area (Å²) in [6.07, 6.45) is -1.13. The van der Waals surface area contributed by atoms with Crippen LogP contribution >= 0.6 is 15.9 Å². The van der Waals surface area contributed by atoms with Gasteiger partial charge in [0.2, 0.25) is 0 Å². The number of hydrogen-bond acceptors (Lipinski definition) is 4. The second-order valence-corrected chi connectivity index (χ2v) is 4.48. The van der Waals surface area contributed by atoms with Crippen molar-refractivity contribution < 1.29 is 19.0 Å². The van der Waals surface area contributed by atoms with Gasteiger partial charge in [0.15, 0.2) is 6.10 Å². The van der Waals surface area contributed by atoms with E-state index in [4.69, 9.17) is 14.2 Å². The Morgan fingerprint density at radius 3 is 2.76 bits per heavy atom. The second kappa shape index (κ2) is 5.62. The SMILES string of the molecule is COC(=O)C1OCCOC1c1ccccc1Br. The maximum atomic E-state index is 11.6. The monoisotopic (exact) mass is 300 g/mol. The van der Waals surface area contributed by atoms with Crippen molar-refractivity contribution in [2.75, 3.05) is 20.3 Å². The van der Waals surface area contributed by atoms with Crippen molar-refractivity contribution >= 4 is 21.9 Å². The molecule has 0 amide bonds. The summed E-state index contributed by atoms with van der Waals surface area (Å²) in [7, 11) is 1.34. The lowest BCUT2D eigenvalue weighted by Crippen LogP contribution is -2.39. The van der Waals surface area contributed by atoms with E-state index in [0.29, 0.717) is 13.2 Å². The molecule has 1 saturated heterocycles. The van der Waals surface area contributed by atoms with Crippen LogP contribution in [0.15, 0.2) is 28.7 Å². The van der Waals surface area contributed by atoms with E-state index in [-0.39, 0.29) is 0 Å². The van der Waals surface area contributed by atoms with E-state index in [0.717, 1.165) is 10.0 Å². The first-order chi connectivity index (χ1) is 8.24. The Morgan fingerprint density at radius 1 is 1.35 bits per heavy atom. The molecule has 0 spiro atoms. The third kappa shape index (κ3) is 2.68. The molecule has 5 heteroatoms. The van der Waals surface area contributed by atoms with Gasteiger partial charge < -0.3 is 14.2 Å². The zero-order valence-corrected chi connectivity index (χ0v) is 11.0. The van der Waals surface area contributed by atoms with Gasteiger partial charge in [0.1, 0.15) is 6.10 Å². The van der Waals surface area contributed by atoms with E-state index in [1.165, 1.54) is 7.11 Å². The molecule has 17 heavy (non-hydrogen) atoms. The number of hydrogen-bond donors (Lipinski definition) is 0. The summed E-state index contributed by atoms with van der Waals surface area (Å²) < 4.78 is 16.7. The molecule has 0 aromatic heterocycles. The van der Waals surface area contributed by atoms with Gasteiger partial charge in [-0.1, -0.05) is 34.1 Å². The summed E-state index contributed by atoms with van der Waals surface area (Å²) in [5.41, 5.74) is 0.891. The zero-order chi connectivity index (χ0) is 12.3. The number of ether oxygens (including phenoxy) is 3. The van der Waals surface area contributed by atoms with Crippen LogP contribution in [0.1, 0.15) is 11.7 Å². The smallest absolute Gasteiger partial charge is 0.338 e. The number of carbonyl (C=O) groups excluding carboxylic acids is 1. The predicted octanol–water partition coefficient (Wildman–Crippen LogP) is 2.08. The summed E-state index contributed by atoms with van der Waals surface area (Å²) in [6, 6.07) is 7.61. The highest BCUT2D eigenvalue weighted by atomic mass is 79.9. The third-order valence-electron chi connectivity index (χ3n) is 2.60. The molecule has 0 N–H and O–H groups in total. The minimum Gasteiger partial charge on any atom is -0.467 e. The van der Waals surface area contributed by atoms with Crippen LogP contribution in [-0.4, -0.2) is 32.4 Å². The Hall–Kier alpha value is -0.910. The summed E-state index contributed by atoms with van der Waals surface area (Å²) in [6.45, 7) is 0.875. The van der Waals surface area contributed by atoms with Crippen molar-refractivity contribution in [3.05, 3.63) is 34.3 Å². The van der Waals surface area contributed by atoms with E-state index in [1.807, 2.05) is 24.3 Å². The first kappa shape index (κ1) is 12.5. The first-order valence-corrected chi connectivity index (χ1v) is 6.09. The van der Waals surface area contributed by atoms with E-state index < -0.39 is 18.2 Å². The number of carbonyl (C=O) groups is 1. The highest BCUT2D eigenvalue weighted by molar-refractivity contribution is 9.10. The fraction of sp³-hybridized carbons (Fsp3) is 0.417. The number of benzene rings is 1. The van der Waals surface area contributed by atoms with Crippen LogP contribution in [-0.2, 0) is 19.0 Å². The van der Waals surface area contributed by atoms with Crippen molar-refractivity contribution in [1.82, 2.24) is 0 Å². The second-order valence-electron chi connectivity index (χ2n) is 3.63. The molecule has 0 saturated carbocycles. The number of halogens is 1. The molecule has 1 heterocycles.